The van der Waals surface area contributed by atoms with Gasteiger partial charge in [0.05, 0.1) is 5.56 Å². The smallest absolute Gasteiger partial charge is 0.338 e. The molecule has 1 aliphatic carbocycles. The van der Waals surface area contributed by atoms with Crippen molar-refractivity contribution in [2.75, 3.05) is 0 Å². The normalized spacial score (nSPS) is 16.4. The number of aromatic amines is 1. The van der Waals surface area contributed by atoms with Gasteiger partial charge in [-0.2, -0.15) is 0 Å². The molecule has 4 heteroatoms. The zero-order valence-corrected chi connectivity index (χ0v) is 7.89. The van der Waals surface area contributed by atoms with Crippen LogP contribution in [0.4, 0.5) is 0 Å². The molecule has 0 unspecified atom stereocenters. The van der Waals surface area contributed by atoms with E-state index in [0.717, 1.165) is 18.5 Å². The molecule has 1 heterocycles. The van der Waals surface area contributed by atoms with Crippen LogP contribution in [0.1, 0.15) is 34.8 Å². The Morgan fingerprint density at radius 2 is 2.33 bits per heavy atom. The molecule has 1 aromatic rings. The first-order chi connectivity index (χ1) is 5.70. The fourth-order valence-corrected chi connectivity index (χ4v) is 1.82. The monoisotopic (exact) mass is 229 g/mol. The highest BCUT2D eigenvalue weighted by atomic mass is 79.9. The van der Waals surface area contributed by atoms with Gasteiger partial charge in [-0.3, -0.25) is 0 Å². The second kappa shape index (κ2) is 2.62. The van der Waals surface area contributed by atoms with Crippen molar-refractivity contribution in [1.82, 2.24) is 4.98 Å². The lowest BCUT2D eigenvalue weighted by Crippen LogP contribution is -1.99. The maximum atomic E-state index is 10.8. The number of rotatable bonds is 2. The fraction of sp³-hybridized carbons (Fsp3) is 0.375. The van der Waals surface area contributed by atoms with Crippen LogP contribution in [-0.2, 0) is 0 Å². The van der Waals surface area contributed by atoms with Crippen LogP contribution >= 0.6 is 15.9 Å². The van der Waals surface area contributed by atoms with Crippen LogP contribution in [0.2, 0.25) is 0 Å². The van der Waals surface area contributed by atoms with Gasteiger partial charge in [-0.1, -0.05) is 0 Å². The van der Waals surface area contributed by atoms with Crippen molar-refractivity contribution in [2.45, 2.75) is 18.8 Å². The summed E-state index contributed by atoms with van der Waals surface area (Å²) in [7, 11) is 0. The highest BCUT2D eigenvalue weighted by Crippen LogP contribution is 2.42. The minimum atomic E-state index is -0.856. The zero-order valence-electron chi connectivity index (χ0n) is 6.30. The van der Waals surface area contributed by atoms with E-state index in [1.54, 1.807) is 6.20 Å². The van der Waals surface area contributed by atoms with Crippen molar-refractivity contribution in [2.24, 2.45) is 0 Å². The molecule has 12 heavy (non-hydrogen) atoms. The Bertz CT molecular complexity index is 328. The molecule has 2 N–H and O–H groups in total. The number of H-pyrrole nitrogens is 1. The van der Waals surface area contributed by atoms with E-state index in [0.29, 0.717) is 16.0 Å². The number of aromatic carboxylic acids is 1. The highest BCUT2D eigenvalue weighted by molar-refractivity contribution is 9.10. The molecular formula is C8H8BrNO2. The first-order valence-electron chi connectivity index (χ1n) is 3.80. The topological polar surface area (TPSA) is 53.1 Å². The van der Waals surface area contributed by atoms with Gasteiger partial charge in [0.2, 0.25) is 0 Å². The van der Waals surface area contributed by atoms with Crippen LogP contribution in [-0.4, -0.2) is 16.1 Å². The Kier molecular flexibility index (Phi) is 1.72. The summed E-state index contributed by atoms with van der Waals surface area (Å²) in [6, 6.07) is 0. The lowest BCUT2D eigenvalue weighted by molar-refractivity contribution is 0.0695. The Morgan fingerprint density at radius 3 is 2.83 bits per heavy atom. The number of carboxylic acid groups (broad SMARTS) is 1. The number of carboxylic acids is 1. The summed E-state index contributed by atoms with van der Waals surface area (Å²) in [6.45, 7) is 0. The summed E-state index contributed by atoms with van der Waals surface area (Å²) in [5, 5.41) is 8.86. The number of hydrogen-bond donors (Lipinski definition) is 2. The molecule has 0 bridgehead atoms. The summed E-state index contributed by atoms with van der Waals surface area (Å²) in [5.74, 6) is -0.410. The number of aromatic nitrogens is 1. The van der Waals surface area contributed by atoms with Crippen molar-refractivity contribution in [3.05, 3.63) is 21.9 Å². The van der Waals surface area contributed by atoms with Gasteiger partial charge in [0.1, 0.15) is 0 Å². The van der Waals surface area contributed by atoms with Gasteiger partial charge in [0, 0.05) is 16.4 Å². The van der Waals surface area contributed by atoms with Crippen LogP contribution in [0.3, 0.4) is 0 Å². The largest absolute Gasteiger partial charge is 0.478 e. The molecule has 3 nitrogen and oxygen atoms in total. The molecule has 0 spiro atoms. The third-order valence-corrected chi connectivity index (χ3v) is 2.69. The first-order valence-corrected chi connectivity index (χ1v) is 4.59. The fourth-order valence-electron chi connectivity index (χ4n) is 1.33. The van der Waals surface area contributed by atoms with E-state index in [1.807, 2.05) is 0 Å². The molecule has 0 atom stereocenters. The van der Waals surface area contributed by atoms with E-state index < -0.39 is 5.97 Å². The van der Waals surface area contributed by atoms with Gasteiger partial charge in [-0.25, -0.2) is 4.79 Å². The van der Waals surface area contributed by atoms with Crippen LogP contribution in [0, 0.1) is 0 Å². The zero-order chi connectivity index (χ0) is 8.72. The number of hydrogen-bond acceptors (Lipinski definition) is 1. The minimum Gasteiger partial charge on any atom is -0.478 e. The van der Waals surface area contributed by atoms with E-state index >= 15 is 0 Å². The predicted molar refractivity (Wildman–Crippen MR) is 47.4 cm³/mol. The number of carbonyl (C=O) groups is 1. The average Bonchev–Trinajstić information content (AvgIpc) is 2.75. The van der Waals surface area contributed by atoms with E-state index in [1.165, 1.54) is 0 Å². The van der Waals surface area contributed by atoms with Crippen molar-refractivity contribution in [3.8, 4) is 0 Å². The molecule has 0 aliphatic heterocycles. The third-order valence-electron chi connectivity index (χ3n) is 2.06. The van der Waals surface area contributed by atoms with Gasteiger partial charge >= 0.3 is 5.97 Å². The Morgan fingerprint density at radius 1 is 1.67 bits per heavy atom. The molecule has 2 rings (SSSR count). The molecule has 0 radical (unpaired) electrons. The molecule has 0 saturated heterocycles. The summed E-state index contributed by atoms with van der Waals surface area (Å²) in [4.78, 5) is 13.8. The molecular weight excluding hydrogens is 222 g/mol. The van der Waals surface area contributed by atoms with Crippen LogP contribution in [0.5, 0.6) is 0 Å². The summed E-state index contributed by atoms with van der Waals surface area (Å²) in [5.41, 5.74) is 1.27. The summed E-state index contributed by atoms with van der Waals surface area (Å²) >= 11 is 3.20. The van der Waals surface area contributed by atoms with Crippen molar-refractivity contribution >= 4 is 21.9 Å². The standard InChI is InChI=1S/C8H8BrNO2/c9-5-3-10-7(4-1-2-4)6(5)8(11)12/h3-4,10H,1-2H2,(H,11,12). The molecule has 1 fully saturated rings. The lowest BCUT2D eigenvalue weighted by Gasteiger charge is -1.96. The summed E-state index contributed by atoms with van der Waals surface area (Å²) < 4.78 is 0.650. The third kappa shape index (κ3) is 1.16. The maximum absolute atomic E-state index is 10.8. The Hall–Kier alpha value is -0.770. The Balaban J connectivity index is 2.46. The van der Waals surface area contributed by atoms with Crippen molar-refractivity contribution in [1.29, 1.82) is 0 Å². The minimum absolute atomic E-state index is 0.400. The molecule has 1 saturated carbocycles. The highest BCUT2D eigenvalue weighted by Gasteiger charge is 2.30. The van der Waals surface area contributed by atoms with Crippen LogP contribution < -0.4 is 0 Å². The lowest BCUT2D eigenvalue weighted by atomic mass is 10.2. The second-order valence-corrected chi connectivity index (χ2v) is 3.86. The first kappa shape index (κ1) is 7.86. The molecule has 1 aliphatic rings. The molecule has 64 valence electrons. The van der Waals surface area contributed by atoms with Gasteiger partial charge < -0.3 is 10.1 Å². The second-order valence-electron chi connectivity index (χ2n) is 3.00. The van der Waals surface area contributed by atoms with Gasteiger partial charge in [0.25, 0.3) is 0 Å². The van der Waals surface area contributed by atoms with Gasteiger partial charge in [0.15, 0.2) is 0 Å². The summed E-state index contributed by atoms with van der Waals surface area (Å²) in [6.07, 6.45) is 3.90. The van der Waals surface area contributed by atoms with Crippen LogP contribution in [0.15, 0.2) is 10.7 Å². The molecule has 0 aromatic carbocycles. The van der Waals surface area contributed by atoms with Crippen LogP contribution in [0.25, 0.3) is 0 Å². The SMILES string of the molecule is O=C(O)c1c(Br)c[nH]c1C1CC1. The van der Waals surface area contributed by atoms with Gasteiger partial charge in [-0.05, 0) is 34.7 Å². The van der Waals surface area contributed by atoms with E-state index in [9.17, 15) is 4.79 Å². The number of nitrogens with one attached hydrogen (secondary N) is 1. The quantitative estimate of drug-likeness (QED) is 0.819. The van der Waals surface area contributed by atoms with Crippen molar-refractivity contribution in [3.63, 3.8) is 0 Å². The van der Waals surface area contributed by atoms with Crippen molar-refractivity contribution < 1.29 is 9.90 Å². The van der Waals surface area contributed by atoms with E-state index in [4.69, 9.17) is 5.11 Å². The van der Waals surface area contributed by atoms with Gasteiger partial charge in [-0.15, -0.1) is 0 Å². The average molecular weight is 230 g/mol. The molecule has 0 amide bonds. The number of halogens is 1. The maximum Gasteiger partial charge on any atom is 0.338 e. The molecule has 1 aromatic heterocycles. The van der Waals surface area contributed by atoms with E-state index in [-0.39, 0.29) is 0 Å². The Labute approximate surface area is 77.9 Å². The predicted octanol–water partition coefficient (Wildman–Crippen LogP) is 2.35. The van der Waals surface area contributed by atoms with E-state index in [2.05, 4.69) is 20.9 Å².